The van der Waals surface area contributed by atoms with Gasteiger partial charge in [-0.25, -0.2) is 13.1 Å². The van der Waals surface area contributed by atoms with Crippen LogP contribution in [0.4, 0.5) is 0 Å². The SMILES string of the molecule is CC(C)(CNCCCCCO)NS(C)(=O)=O. The summed E-state index contributed by atoms with van der Waals surface area (Å²) in [6.07, 6.45) is 3.97. The molecule has 0 aliphatic carbocycles. The van der Waals surface area contributed by atoms with E-state index in [4.69, 9.17) is 5.11 Å². The summed E-state index contributed by atoms with van der Waals surface area (Å²) >= 11 is 0. The van der Waals surface area contributed by atoms with Crippen LogP contribution in [0.15, 0.2) is 0 Å². The van der Waals surface area contributed by atoms with E-state index in [1.165, 1.54) is 0 Å². The third-order valence-corrected chi connectivity index (χ3v) is 2.96. The minimum atomic E-state index is -3.16. The molecule has 0 aromatic heterocycles. The number of hydrogen-bond acceptors (Lipinski definition) is 4. The number of rotatable bonds is 9. The molecular formula is C10H24N2O3S. The second-order valence-electron chi connectivity index (χ2n) is 4.72. The number of unbranched alkanes of at least 4 members (excludes halogenated alkanes) is 2. The lowest BCUT2D eigenvalue weighted by atomic mass is 10.1. The van der Waals surface area contributed by atoms with Gasteiger partial charge in [0.15, 0.2) is 0 Å². The van der Waals surface area contributed by atoms with Crippen LogP contribution in [0, 0.1) is 0 Å². The van der Waals surface area contributed by atoms with Crippen LogP contribution >= 0.6 is 0 Å². The molecule has 98 valence electrons. The van der Waals surface area contributed by atoms with Crippen molar-refractivity contribution in [3.63, 3.8) is 0 Å². The van der Waals surface area contributed by atoms with E-state index < -0.39 is 15.6 Å². The zero-order chi connectivity index (χ0) is 12.7. The molecule has 0 atom stereocenters. The van der Waals surface area contributed by atoms with Crippen LogP contribution < -0.4 is 10.0 Å². The van der Waals surface area contributed by atoms with Crippen molar-refractivity contribution >= 4 is 10.0 Å². The fraction of sp³-hybridized carbons (Fsp3) is 1.00. The van der Waals surface area contributed by atoms with Gasteiger partial charge in [0.1, 0.15) is 0 Å². The van der Waals surface area contributed by atoms with Gasteiger partial charge in [0.05, 0.1) is 6.26 Å². The highest BCUT2D eigenvalue weighted by Crippen LogP contribution is 2.02. The summed E-state index contributed by atoms with van der Waals surface area (Å²) in [7, 11) is -3.16. The van der Waals surface area contributed by atoms with Gasteiger partial charge in [-0.3, -0.25) is 0 Å². The fourth-order valence-electron chi connectivity index (χ4n) is 1.48. The van der Waals surface area contributed by atoms with E-state index in [1.807, 2.05) is 13.8 Å². The van der Waals surface area contributed by atoms with E-state index in [0.29, 0.717) is 6.54 Å². The molecule has 0 amide bonds. The number of aliphatic hydroxyl groups is 1. The van der Waals surface area contributed by atoms with E-state index in [-0.39, 0.29) is 6.61 Å². The van der Waals surface area contributed by atoms with Crippen LogP contribution in [-0.2, 0) is 10.0 Å². The number of hydrogen-bond donors (Lipinski definition) is 3. The zero-order valence-electron chi connectivity index (χ0n) is 10.4. The molecule has 0 fully saturated rings. The quantitative estimate of drug-likeness (QED) is 0.507. The summed E-state index contributed by atoms with van der Waals surface area (Å²) in [5.74, 6) is 0. The molecule has 0 aliphatic rings. The highest BCUT2D eigenvalue weighted by atomic mass is 32.2. The Balaban J connectivity index is 3.66. The molecule has 0 saturated carbocycles. The first-order chi connectivity index (χ1) is 7.27. The second-order valence-corrected chi connectivity index (χ2v) is 6.47. The number of aliphatic hydroxyl groups excluding tert-OH is 1. The van der Waals surface area contributed by atoms with Crippen LogP contribution in [0.2, 0.25) is 0 Å². The third-order valence-electron chi connectivity index (χ3n) is 2.04. The summed E-state index contributed by atoms with van der Waals surface area (Å²) in [4.78, 5) is 0. The van der Waals surface area contributed by atoms with Gasteiger partial charge in [-0.05, 0) is 39.7 Å². The molecule has 0 radical (unpaired) electrons. The lowest BCUT2D eigenvalue weighted by molar-refractivity contribution is 0.282. The molecule has 0 heterocycles. The van der Waals surface area contributed by atoms with Crippen LogP contribution in [0.5, 0.6) is 0 Å². The maximum absolute atomic E-state index is 11.1. The topological polar surface area (TPSA) is 78.4 Å². The first-order valence-electron chi connectivity index (χ1n) is 5.57. The number of nitrogens with one attached hydrogen (secondary N) is 2. The maximum atomic E-state index is 11.1. The molecule has 0 aliphatic heterocycles. The average Bonchev–Trinajstić information content (AvgIpc) is 2.06. The van der Waals surface area contributed by atoms with E-state index in [9.17, 15) is 8.42 Å². The highest BCUT2D eigenvalue weighted by Gasteiger charge is 2.21. The molecule has 0 unspecified atom stereocenters. The van der Waals surface area contributed by atoms with Crippen LogP contribution in [-0.4, -0.2) is 45.0 Å². The molecule has 16 heavy (non-hydrogen) atoms. The molecule has 0 spiro atoms. The summed E-state index contributed by atoms with van der Waals surface area (Å²) in [5, 5.41) is 11.8. The van der Waals surface area contributed by atoms with E-state index >= 15 is 0 Å². The van der Waals surface area contributed by atoms with Crippen molar-refractivity contribution in [1.82, 2.24) is 10.0 Å². The first kappa shape index (κ1) is 15.8. The Morgan fingerprint density at radius 3 is 2.31 bits per heavy atom. The molecule has 3 N–H and O–H groups in total. The van der Waals surface area contributed by atoms with Crippen molar-refractivity contribution in [2.75, 3.05) is 26.0 Å². The van der Waals surface area contributed by atoms with Crippen molar-refractivity contribution in [3.05, 3.63) is 0 Å². The van der Waals surface area contributed by atoms with Crippen molar-refractivity contribution in [2.24, 2.45) is 0 Å². The molecule has 6 heteroatoms. The summed E-state index contributed by atoms with van der Waals surface area (Å²) in [6, 6.07) is 0. The average molecular weight is 252 g/mol. The van der Waals surface area contributed by atoms with E-state index in [0.717, 1.165) is 32.1 Å². The smallest absolute Gasteiger partial charge is 0.209 e. The zero-order valence-corrected chi connectivity index (χ0v) is 11.2. The van der Waals surface area contributed by atoms with Crippen molar-refractivity contribution in [3.8, 4) is 0 Å². The Bertz CT molecular complexity index is 276. The van der Waals surface area contributed by atoms with E-state index in [2.05, 4.69) is 10.0 Å². The van der Waals surface area contributed by atoms with Gasteiger partial charge in [-0.1, -0.05) is 0 Å². The first-order valence-corrected chi connectivity index (χ1v) is 7.46. The molecule has 0 aromatic rings. The van der Waals surface area contributed by atoms with Gasteiger partial charge in [0.2, 0.25) is 10.0 Å². The lowest BCUT2D eigenvalue weighted by Crippen LogP contribution is -2.50. The van der Waals surface area contributed by atoms with Gasteiger partial charge in [-0.15, -0.1) is 0 Å². The van der Waals surface area contributed by atoms with Crippen LogP contribution in [0.25, 0.3) is 0 Å². The monoisotopic (exact) mass is 252 g/mol. The van der Waals surface area contributed by atoms with Crippen LogP contribution in [0.3, 0.4) is 0 Å². The van der Waals surface area contributed by atoms with Gasteiger partial charge in [-0.2, -0.15) is 0 Å². The second kappa shape index (κ2) is 7.21. The van der Waals surface area contributed by atoms with E-state index in [1.54, 1.807) is 0 Å². The summed E-state index contributed by atoms with van der Waals surface area (Å²) in [6.45, 7) is 5.36. The molecule has 0 rings (SSSR count). The molecule has 0 aromatic carbocycles. The Labute approximate surface area is 98.7 Å². The normalized spacial score (nSPS) is 13.0. The lowest BCUT2D eigenvalue weighted by Gasteiger charge is -2.25. The summed E-state index contributed by atoms with van der Waals surface area (Å²) in [5.41, 5.74) is -0.468. The van der Waals surface area contributed by atoms with Gasteiger partial charge in [0, 0.05) is 18.7 Å². The molecule has 0 bridgehead atoms. The van der Waals surface area contributed by atoms with Crippen LogP contribution in [0.1, 0.15) is 33.1 Å². The standard InChI is InChI=1S/C10H24N2O3S/c1-10(2,12-16(3,14)15)9-11-7-5-4-6-8-13/h11-13H,4-9H2,1-3H3. The number of sulfonamides is 1. The van der Waals surface area contributed by atoms with Crippen molar-refractivity contribution in [2.45, 2.75) is 38.6 Å². The fourth-order valence-corrected chi connectivity index (χ4v) is 2.55. The van der Waals surface area contributed by atoms with Crippen molar-refractivity contribution in [1.29, 1.82) is 0 Å². The minimum Gasteiger partial charge on any atom is -0.396 e. The molecule has 0 saturated heterocycles. The summed E-state index contributed by atoms with van der Waals surface area (Å²) < 4.78 is 24.7. The molecule has 5 nitrogen and oxygen atoms in total. The maximum Gasteiger partial charge on any atom is 0.209 e. The Morgan fingerprint density at radius 1 is 1.19 bits per heavy atom. The largest absolute Gasteiger partial charge is 0.396 e. The predicted molar refractivity (Wildman–Crippen MR) is 65.9 cm³/mol. The third kappa shape index (κ3) is 10.4. The molecular weight excluding hydrogens is 228 g/mol. The highest BCUT2D eigenvalue weighted by molar-refractivity contribution is 7.88. The Hall–Kier alpha value is -0.170. The van der Waals surface area contributed by atoms with Gasteiger partial charge >= 0.3 is 0 Å². The van der Waals surface area contributed by atoms with Crippen molar-refractivity contribution < 1.29 is 13.5 Å². The predicted octanol–water partition coefficient (Wildman–Crippen LogP) is 0.0664. The van der Waals surface area contributed by atoms with Gasteiger partial charge in [0.25, 0.3) is 0 Å². The minimum absolute atomic E-state index is 0.237. The van der Waals surface area contributed by atoms with Gasteiger partial charge < -0.3 is 10.4 Å². The Kier molecular flexibility index (Phi) is 7.14. The Morgan fingerprint density at radius 2 is 1.81 bits per heavy atom.